The molecule has 0 atom stereocenters. The number of anilines is 2. The molecule has 200 valence electrons. The first kappa shape index (κ1) is 28.6. The van der Waals surface area contributed by atoms with Gasteiger partial charge in [0.1, 0.15) is 5.92 Å². The van der Waals surface area contributed by atoms with Gasteiger partial charge in [0.15, 0.2) is 0 Å². The van der Waals surface area contributed by atoms with Crippen LogP contribution in [-0.2, 0) is 9.59 Å². The van der Waals surface area contributed by atoms with E-state index >= 15 is 0 Å². The van der Waals surface area contributed by atoms with Gasteiger partial charge in [-0.15, -0.1) is 0 Å². The lowest BCUT2D eigenvalue weighted by molar-refractivity contribution is -0.133. The van der Waals surface area contributed by atoms with Gasteiger partial charge in [-0.3, -0.25) is 9.59 Å². The molecule has 0 saturated carbocycles. The van der Waals surface area contributed by atoms with Crippen LogP contribution in [0.3, 0.4) is 0 Å². The van der Waals surface area contributed by atoms with Gasteiger partial charge in [-0.2, -0.15) is 0 Å². The molecule has 0 aromatic heterocycles. The van der Waals surface area contributed by atoms with Crippen LogP contribution in [0.2, 0.25) is 0 Å². The minimum absolute atomic E-state index is 0.414. The summed E-state index contributed by atoms with van der Waals surface area (Å²) in [6.45, 7) is 2.26. The highest BCUT2D eigenvalue weighted by molar-refractivity contribution is 6.36. The van der Waals surface area contributed by atoms with Crippen LogP contribution in [-0.4, -0.2) is 17.8 Å². The molecule has 0 bridgehead atoms. The van der Waals surface area contributed by atoms with Crippen LogP contribution < -0.4 is 9.80 Å². The van der Waals surface area contributed by atoms with Gasteiger partial charge in [-0.25, -0.2) is 14.6 Å². The van der Waals surface area contributed by atoms with E-state index in [-0.39, 0.29) is 0 Å². The second-order valence-electron chi connectivity index (χ2n) is 10.2. The van der Waals surface area contributed by atoms with Crippen LogP contribution in [0.25, 0.3) is 0 Å². The number of carbonyl (C=O) groups is 3. The number of unbranched alkanes of at least 4 members (excludes halogenated alkanes) is 13. The number of nitrogens with zero attached hydrogens (tertiary/aromatic N) is 2. The summed E-state index contributed by atoms with van der Waals surface area (Å²) in [5.41, 5.74) is 0.994. The molecule has 0 unspecified atom stereocenters. The fraction of sp³-hybridized carbons (Fsp3) is 0.531. The second kappa shape index (κ2) is 16.0. The summed E-state index contributed by atoms with van der Waals surface area (Å²) in [4.78, 5) is 42.3. The molecule has 0 radical (unpaired) electrons. The molecular weight excluding hydrogens is 460 g/mol. The van der Waals surface area contributed by atoms with Crippen LogP contribution in [0.5, 0.6) is 0 Å². The van der Waals surface area contributed by atoms with Crippen LogP contribution in [0, 0.1) is 5.92 Å². The summed E-state index contributed by atoms with van der Waals surface area (Å²) >= 11 is 0. The van der Waals surface area contributed by atoms with Gasteiger partial charge in [-0.05, 0) is 30.7 Å². The van der Waals surface area contributed by atoms with Gasteiger partial charge < -0.3 is 0 Å². The first-order chi connectivity index (χ1) is 18.1. The molecule has 4 amide bonds. The highest BCUT2D eigenvalue weighted by Gasteiger charge is 2.46. The molecule has 1 saturated heterocycles. The van der Waals surface area contributed by atoms with Gasteiger partial charge >= 0.3 is 6.03 Å². The quantitative estimate of drug-likeness (QED) is 0.160. The highest BCUT2D eigenvalue weighted by atomic mass is 16.2. The standard InChI is InChI=1S/C32H44N2O3/c1-2-3-4-5-6-7-8-9-10-11-12-13-14-21-26-29-30(35)33(27-22-17-15-18-23-27)32(37)34(31(29)36)28-24-19-16-20-25-28/h15-20,22-25,29H,2-14,21,26H2,1H3. The van der Waals surface area contributed by atoms with E-state index in [1.807, 2.05) is 12.1 Å². The number of barbiturate groups is 1. The largest absolute Gasteiger partial charge is 0.342 e. The number of imide groups is 2. The van der Waals surface area contributed by atoms with Crippen molar-refractivity contribution in [1.82, 2.24) is 0 Å². The van der Waals surface area contributed by atoms with Gasteiger partial charge in [0.25, 0.3) is 0 Å². The Morgan fingerprint density at radius 3 is 1.24 bits per heavy atom. The molecule has 0 N–H and O–H groups in total. The lowest BCUT2D eigenvalue weighted by Gasteiger charge is -2.37. The zero-order valence-electron chi connectivity index (χ0n) is 22.6. The van der Waals surface area contributed by atoms with Crippen molar-refractivity contribution in [1.29, 1.82) is 0 Å². The minimum atomic E-state index is -0.838. The van der Waals surface area contributed by atoms with Crippen molar-refractivity contribution >= 4 is 29.2 Å². The van der Waals surface area contributed by atoms with E-state index in [1.165, 1.54) is 80.4 Å². The number of hydrogen-bond acceptors (Lipinski definition) is 3. The van der Waals surface area contributed by atoms with Crippen molar-refractivity contribution in [2.75, 3.05) is 9.80 Å². The summed E-state index contributed by atoms with van der Waals surface area (Å²) < 4.78 is 0. The van der Waals surface area contributed by atoms with Crippen LogP contribution >= 0.6 is 0 Å². The van der Waals surface area contributed by atoms with E-state index in [0.717, 1.165) is 19.3 Å². The lowest BCUT2D eigenvalue weighted by atomic mass is 9.94. The Labute approximate surface area is 223 Å². The molecule has 5 heteroatoms. The maximum absolute atomic E-state index is 13.3. The summed E-state index contributed by atoms with van der Waals surface area (Å²) in [5.74, 6) is -1.67. The average molecular weight is 505 g/mol. The first-order valence-corrected chi connectivity index (χ1v) is 14.5. The number of urea groups is 1. The third-order valence-electron chi connectivity index (χ3n) is 7.29. The van der Waals surface area contributed by atoms with E-state index in [1.54, 1.807) is 48.5 Å². The molecule has 1 heterocycles. The fourth-order valence-electron chi connectivity index (χ4n) is 5.13. The SMILES string of the molecule is CCCCCCCCCCCCCCCCC1C(=O)N(c2ccccc2)C(=O)N(c2ccccc2)C1=O. The Morgan fingerprint density at radius 2 is 0.865 bits per heavy atom. The zero-order valence-corrected chi connectivity index (χ0v) is 22.6. The topological polar surface area (TPSA) is 57.7 Å². The minimum Gasteiger partial charge on any atom is -0.273 e. The molecule has 2 aromatic carbocycles. The monoisotopic (exact) mass is 504 g/mol. The number of hydrogen-bond donors (Lipinski definition) is 0. The Morgan fingerprint density at radius 1 is 0.514 bits per heavy atom. The Kier molecular flexibility index (Phi) is 12.4. The van der Waals surface area contributed by atoms with E-state index in [9.17, 15) is 14.4 Å². The summed E-state index contributed by atoms with van der Waals surface area (Å²) in [5, 5.41) is 0. The van der Waals surface area contributed by atoms with E-state index in [2.05, 4.69) is 6.92 Å². The number of benzene rings is 2. The van der Waals surface area contributed by atoms with Gasteiger partial charge in [0.05, 0.1) is 11.4 Å². The average Bonchev–Trinajstić information content (AvgIpc) is 2.91. The highest BCUT2D eigenvalue weighted by Crippen LogP contribution is 2.31. The third-order valence-corrected chi connectivity index (χ3v) is 7.29. The molecule has 3 rings (SSSR count). The summed E-state index contributed by atoms with van der Waals surface area (Å²) in [6, 6.07) is 17.2. The fourth-order valence-corrected chi connectivity index (χ4v) is 5.13. The van der Waals surface area contributed by atoms with Crippen LogP contribution in [0.15, 0.2) is 60.7 Å². The molecular formula is C32H44N2O3. The Bertz CT molecular complexity index is 899. The molecule has 5 nitrogen and oxygen atoms in total. The van der Waals surface area contributed by atoms with Crippen LogP contribution in [0.4, 0.5) is 16.2 Å². The summed E-state index contributed by atoms with van der Waals surface area (Å²) in [7, 11) is 0. The Balaban J connectivity index is 1.44. The van der Waals surface area contributed by atoms with E-state index in [0.29, 0.717) is 17.8 Å². The van der Waals surface area contributed by atoms with E-state index in [4.69, 9.17) is 0 Å². The van der Waals surface area contributed by atoms with Gasteiger partial charge in [-0.1, -0.05) is 133 Å². The second-order valence-corrected chi connectivity index (χ2v) is 10.2. The van der Waals surface area contributed by atoms with Gasteiger partial charge in [0.2, 0.25) is 11.8 Å². The first-order valence-electron chi connectivity index (χ1n) is 14.5. The van der Waals surface area contributed by atoms with Gasteiger partial charge in [0, 0.05) is 0 Å². The number of para-hydroxylation sites is 2. The molecule has 1 aliphatic rings. The van der Waals surface area contributed by atoms with Crippen molar-refractivity contribution in [3.8, 4) is 0 Å². The Hall–Kier alpha value is -2.95. The molecule has 1 aliphatic heterocycles. The maximum atomic E-state index is 13.3. The molecule has 37 heavy (non-hydrogen) atoms. The molecule has 0 aliphatic carbocycles. The van der Waals surface area contributed by atoms with E-state index < -0.39 is 23.8 Å². The predicted octanol–water partition coefficient (Wildman–Crippen LogP) is 8.67. The maximum Gasteiger partial charge on any atom is 0.342 e. The van der Waals surface area contributed by atoms with Crippen LogP contribution in [0.1, 0.15) is 103 Å². The lowest BCUT2D eigenvalue weighted by Crippen LogP contribution is -2.60. The normalized spacial score (nSPS) is 14.6. The smallest absolute Gasteiger partial charge is 0.273 e. The molecule has 0 spiro atoms. The third kappa shape index (κ3) is 8.55. The molecule has 2 aromatic rings. The van der Waals surface area contributed by atoms with Crippen molar-refractivity contribution in [3.63, 3.8) is 0 Å². The van der Waals surface area contributed by atoms with Crippen molar-refractivity contribution in [3.05, 3.63) is 60.7 Å². The number of rotatable bonds is 17. The number of amides is 4. The number of carbonyl (C=O) groups excluding carboxylic acids is 3. The molecule has 1 fully saturated rings. The van der Waals surface area contributed by atoms with Crippen molar-refractivity contribution in [2.24, 2.45) is 5.92 Å². The zero-order chi connectivity index (χ0) is 26.3. The predicted molar refractivity (Wildman–Crippen MR) is 152 cm³/mol. The summed E-state index contributed by atoms with van der Waals surface area (Å²) in [6.07, 6.45) is 18.1. The van der Waals surface area contributed by atoms with Crippen molar-refractivity contribution < 1.29 is 14.4 Å². The van der Waals surface area contributed by atoms with Crippen molar-refractivity contribution in [2.45, 2.75) is 103 Å².